The number of amides is 1. The van der Waals surface area contributed by atoms with Gasteiger partial charge in [-0.05, 0) is 36.8 Å². The lowest BCUT2D eigenvalue weighted by Crippen LogP contribution is -2.14. The Kier molecular flexibility index (Phi) is 5.20. The number of halogens is 1. The van der Waals surface area contributed by atoms with Crippen molar-refractivity contribution < 1.29 is 14.1 Å². The van der Waals surface area contributed by atoms with Crippen LogP contribution in [0.5, 0.6) is 0 Å². The van der Waals surface area contributed by atoms with Gasteiger partial charge in [0.05, 0.1) is 12.3 Å². The van der Waals surface area contributed by atoms with Crippen molar-refractivity contribution in [2.24, 2.45) is 0 Å². The molecule has 1 amide bonds. The molecule has 0 saturated heterocycles. The first-order valence-corrected chi connectivity index (χ1v) is 8.14. The van der Waals surface area contributed by atoms with Crippen LogP contribution in [0.1, 0.15) is 21.6 Å². The van der Waals surface area contributed by atoms with Gasteiger partial charge in [-0.25, -0.2) is 4.98 Å². The van der Waals surface area contributed by atoms with Crippen molar-refractivity contribution in [1.82, 2.24) is 10.1 Å². The Balaban J connectivity index is 1.87. The smallest absolute Gasteiger partial charge is 0.262 e. The van der Waals surface area contributed by atoms with Crippen LogP contribution in [0.25, 0.3) is 11.1 Å². The predicted octanol–water partition coefficient (Wildman–Crippen LogP) is 3.68. The van der Waals surface area contributed by atoms with Crippen LogP contribution < -0.4 is 11.1 Å². The van der Waals surface area contributed by atoms with Gasteiger partial charge in [0.1, 0.15) is 23.5 Å². The highest BCUT2D eigenvalue weighted by Crippen LogP contribution is 2.33. The van der Waals surface area contributed by atoms with Gasteiger partial charge >= 0.3 is 0 Å². The maximum Gasteiger partial charge on any atom is 0.262 e. The summed E-state index contributed by atoms with van der Waals surface area (Å²) in [5.41, 5.74) is 9.31. The third kappa shape index (κ3) is 3.68. The summed E-state index contributed by atoms with van der Waals surface area (Å²) in [5, 5.41) is 6.90. The van der Waals surface area contributed by atoms with Gasteiger partial charge in [-0.2, -0.15) is 0 Å². The van der Waals surface area contributed by atoms with Gasteiger partial charge in [0, 0.05) is 23.3 Å². The van der Waals surface area contributed by atoms with Crippen LogP contribution in [-0.4, -0.2) is 23.2 Å². The first-order valence-electron chi connectivity index (χ1n) is 7.76. The minimum Gasteiger partial charge on any atom is -0.383 e. The third-order valence-corrected chi connectivity index (χ3v) is 4.12. The normalized spacial score (nSPS) is 10.7. The average molecular weight is 373 g/mol. The Morgan fingerprint density at radius 2 is 2.12 bits per heavy atom. The number of nitrogens with one attached hydrogen (secondary N) is 1. The first-order chi connectivity index (χ1) is 12.5. The number of nitrogens with zero attached hydrogens (tertiary/aromatic N) is 2. The van der Waals surface area contributed by atoms with Crippen molar-refractivity contribution in [3.05, 3.63) is 58.4 Å². The summed E-state index contributed by atoms with van der Waals surface area (Å²) >= 11 is 6.30. The standard InChI is InChI=1S/C18H17ClN4O3/c1-10-14(9-26-23-10)18(24)22-16-6-4-12(17(20)21-16)13-7-11(8-25-2)3-5-15(13)19/h3-7,9H,8H2,1-2H3,(H3,20,21,22,24). The summed E-state index contributed by atoms with van der Waals surface area (Å²) in [6.07, 6.45) is 1.28. The molecule has 0 aliphatic carbocycles. The molecule has 0 aliphatic rings. The van der Waals surface area contributed by atoms with E-state index in [1.54, 1.807) is 32.2 Å². The number of ether oxygens (including phenoxy) is 1. The fourth-order valence-corrected chi connectivity index (χ4v) is 2.72. The molecule has 3 rings (SSSR count). The van der Waals surface area contributed by atoms with Crippen molar-refractivity contribution >= 4 is 29.1 Å². The lowest BCUT2D eigenvalue weighted by Gasteiger charge is -2.11. The van der Waals surface area contributed by atoms with E-state index in [0.29, 0.717) is 34.3 Å². The number of carbonyl (C=O) groups excluding carboxylic acids is 1. The number of aryl methyl sites for hydroxylation is 1. The number of pyridine rings is 1. The Bertz CT molecular complexity index is 955. The van der Waals surface area contributed by atoms with Crippen LogP contribution in [0.3, 0.4) is 0 Å². The molecule has 1 aromatic carbocycles. The molecule has 0 unspecified atom stereocenters. The van der Waals surface area contributed by atoms with Gasteiger partial charge in [0.25, 0.3) is 5.91 Å². The summed E-state index contributed by atoms with van der Waals surface area (Å²) in [4.78, 5) is 16.5. The first kappa shape index (κ1) is 17.9. The summed E-state index contributed by atoms with van der Waals surface area (Å²) in [6, 6.07) is 8.99. The van der Waals surface area contributed by atoms with E-state index in [1.165, 1.54) is 6.26 Å². The number of aromatic nitrogens is 2. The molecular weight excluding hydrogens is 356 g/mol. The van der Waals surface area contributed by atoms with Gasteiger partial charge in [-0.15, -0.1) is 0 Å². The fourth-order valence-electron chi connectivity index (χ4n) is 2.50. The van der Waals surface area contributed by atoms with Crippen LogP contribution in [0, 0.1) is 6.92 Å². The van der Waals surface area contributed by atoms with E-state index in [9.17, 15) is 4.79 Å². The Morgan fingerprint density at radius 1 is 1.31 bits per heavy atom. The van der Waals surface area contributed by atoms with Gasteiger partial charge in [0.15, 0.2) is 0 Å². The molecule has 0 saturated carbocycles. The molecular formula is C18H17ClN4O3. The Labute approximate surface area is 155 Å². The van der Waals surface area contributed by atoms with Gasteiger partial charge in [-0.3, -0.25) is 4.79 Å². The van der Waals surface area contributed by atoms with Gasteiger partial charge < -0.3 is 20.3 Å². The van der Waals surface area contributed by atoms with E-state index < -0.39 is 0 Å². The highest BCUT2D eigenvalue weighted by molar-refractivity contribution is 6.33. The molecule has 8 heteroatoms. The zero-order valence-electron chi connectivity index (χ0n) is 14.2. The van der Waals surface area contributed by atoms with E-state index in [-0.39, 0.29) is 11.7 Å². The number of nitrogens with two attached hydrogens (primary N) is 1. The van der Waals surface area contributed by atoms with Gasteiger partial charge in [-0.1, -0.05) is 22.8 Å². The summed E-state index contributed by atoms with van der Waals surface area (Å²) < 4.78 is 9.91. The fraction of sp³-hybridized carbons (Fsp3) is 0.167. The molecule has 2 heterocycles. The molecule has 26 heavy (non-hydrogen) atoms. The summed E-state index contributed by atoms with van der Waals surface area (Å²) in [6.45, 7) is 2.14. The summed E-state index contributed by atoms with van der Waals surface area (Å²) in [5.74, 6) is 0.200. The molecule has 3 N–H and O–H groups in total. The van der Waals surface area contributed by atoms with Crippen molar-refractivity contribution in [1.29, 1.82) is 0 Å². The lowest BCUT2D eigenvalue weighted by molar-refractivity contribution is 0.102. The number of benzene rings is 1. The highest BCUT2D eigenvalue weighted by Gasteiger charge is 2.15. The molecule has 3 aromatic rings. The van der Waals surface area contributed by atoms with Crippen molar-refractivity contribution in [2.45, 2.75) is 13.5 Å². The van der Waals surface area contributed by atoms with E-state index in [2.05, 4.69) is 15.5 Å². The second-order valence-corrected chi connectivity index (χ2v) is 6.05. The molecule has 0 fully saturated rings. The topological polar surface area (TPSA) is 103 Å². The molecule has 0 radical (unpaired) electrons. The van der Waals surface area contributed by atoms with Crippen LogP contribution in [0.15, 0.2) is 41.1 Å². The Hall–Kier alpha value is -2.90. The van der Waals surface area contributed by atoms with Crippen LogP contribution >= 0.6 is 11.6 Å². The zero-order valence-corrected chi connectivity index (χ0v) is 15.0. The van der Waals surface area contributed by atoms with Crippen molar-refractivity contribution in [3.63, 3.8) is 0 Å². The number of hydrogen-bond acceptors (Lipinski definition) is 6. The second-order valence-electron chi connectivity index (χ2n) is 5.64. The molecule has 2 aromatic heterocycles. The molecule has 7 nitrogen and oxygen atoms in total. The SMILES string of the molecule is COCc1ccc(Cl)c(-c2ccc(NC(=O)c3conc3C)nc2N)c1. The van der Waals surface area contributed by atoms with E-state index in [1.807, 2.05) is 12.1 Å². The largest absolute Gasteiger partial charge is 0.383 e. The number of anilines is 2. The molecule has 0 aliphatic heterocycles. The molecule has 0 spiro atoms. The van der Waals surface area contributed by atoms with Crippen molar-refractivity contribution in [3.8, 4) is 11.1 Å². The molecule has 0 bridgehead atoms. The van der Waals surface area contributed by atoms with Crippen molar-refractivity contribution in [2.75, 3.05) is 18.2 Å². The highest BCUT2D eigenvalue weighted by atomic mass is 35.5. The number of rotatable bonds is 5. The van der Waals surface area contributed by atoms with Gasteiger partial charge in [0.2, 0.25) is 0 Å². The maximum atomic E-state index is 12.2. The quantitative estimate of drug-likeness (QED) is 0.708. The van der Waals surface area contributed by atoms with E-state index in [0.717, 1.165) is 11.1 Å². The monoisotopic (exact) mass is 372 g/mol. The minimum absolute atomic E-state index is 0.251. The molecule has 134 valence electrons. The third-order valence-electron chi connectivity index (χ3n) is 3.79. The molecule has 0 atom stereocenters. The predicted molar refractivity (Wildman–Crippen MR) is 99.0 cm³/mol. The Morgan fingerprint density at radius 3 is 2.77 bits per heavy atom. The second kappa shape index (κ2) is 7.55. The van der Waals surface area contributed by atoms with Crippen LogP contribution in [0.2, 0.25) is 5.02 Å². The number of hydrogen-bond donors (Lipinski definition) is 2. The number of carbonyl (C=O) groups is 1. The minimum atomic E-state index is -0.372. The maximum absolute atomic E-state index is 12.2. The zero-order chi connectivity index (χ0) is 18.7. The van der Waals surface area contributed by atoms with E-state index in [4.69, 9.17) is 26.6 Å². The average Bonchev–Trinajstić information content (AvgIpc) is 3.03. The summed E-state index contributed by atoms with van der Waals surface area (Å²) in [7, 11) is 1.62. The van der Waals surface area contributed by atoms with Crippen LogP contribution in [0.4, 0.5) is 11.6 Å². The lowest BCUT2D eigenvalue weighted by atomic mass is 10.0. The number of methoxy groups -OCH3 is 1. The van der Waals surface area contributed by atoms with E-state index >= 15 is 0 Å². The number of nitrogen functional groups attached to an aromatic ring is 1. The van der Waals surface area contributed by atoms with Crippen LogP contribution in [-0.2, 0) is 11.3 Å².